The molecule has 0 spiro atoms. The summed E-state index contributed by atoms with van der Waals surface area (Å²) < 4.78 is 19.6. The van der Waals surface area contributed by atoms with Crippen LogP contribution in [-0.2, 0) is 13.0 Å². The van der Waals surface area contributed by atoms with Crippen molar-refractivity contribution in [3.05, 3.63) is 114 Å². The first-order valence-electron chi connectivity index (χ1n) is 14.1. The minimum absolute atomic E-state index is 0. The monoisotopic (exact) mass is 709 g/mol. The van der Waals surface area contributed by atoms with Gasteiger partial charge in [0.15, 0.2) is 5.82 Å². The molecule has 0 unspecified atom stereocenters. The number of halogens is 2. The largest absolute Gasteiger partial charge is 0.492 e. The van der Waals surface area contributed by atoms with Gasteiger partial charge in [0.1, 0.15) is 28.6 Å². The molecule has 0 radical (unpaired) electrons. The third kappa shape index (κ3) is 7.05. The number of benzene rings is 2. The number of aromatic carboxylic acids is 1. The summed E-state index contributed by atoms with van der Waals surface area (Å²) in [6.45, 7) is -0.107. The molecular weight excluding hydrogens is 681 g/mol. The van der Waals surface area contributed by atoms with E-state index in [-0.39, 0.29) is 66.6 Å². The second-order valence-electron chi connectivity index (χ2n) is 10.7. The number of carboxylic acid groups (broad SMARTS) is 1. The first-order chi connectivity index (χ1) is 22.9. The molecule has 3 aromatic carbocycles. The van der Waals surface area contributed by atoms with Gasteiger partial charge < -0.3 is 32.3 Å². The number of carboxylic acids is 1. The third-order valence-corrected chi connectivity index (χ3v) is 7.55. The molecule has 0 saturated carbocycles. The van der Waals surface area contributed by atoms with Crippen molar-refractivity contribution >= 4 is 47.1 Å². The number of aryl methyl sites for hydroxylation is 1. The third-order valence-electron chi connectivity index (χ3n) is 7.55. The molecule has 3 heterocycles. The lowest BCUT2D eigenvalue weighted by Crippen LogP contribution is -2.36. The lowest BCUT2D eigenvalue weighted by atomic mass is 10.0. The second-order valence-corrected chi connectivity index (χ2v) is 10.7. The summed E-state index contributed by atoms with van der Waals surface area (Å²) in [5.41, 5.74) is 12.1. The fraction of sp³-hybridized carbons (Fsp3) is 0.161. The minimum atomic E-state index is -1.37. The van der Waals surface area contributed by atoms with Gasteiger partial charge in [-0.3, -0.25) is 28.3 Å². The fourth-order valence-corrected chi connectivity index (χ4v) is 5.11. The molecule has 0 saturated heterocycles. The molecule has 1 amide bonds. The molecular formula is C31H29ClFN9O8. The summed E-state index contributed by atoms with van der Waals surface area (Å²) in [5, 5.41) is 27.4. The molecule has 17 nitrogen and oxygen atoms in total. The van der Waals surface area contributed by atoms with Gasteiger partial charge in [-0.05, 0) is 47.7 Å². The van der Waals surface area contributed by atoms with E-state index in [0.29, 0.717) is 11.4 Å². The first-order valence-corrected chi connectivity index (χ1v) is 14.1. The highest BCUT2D eigenvalue weighted by atomic mass is 35.5. The van der Waals surface area contributed by atoms with Crippen LogP contribution in [0.4, 0.5) is 21.5 Å². The molecule has 1 aliphatic rings. The number of anilines is 3. The van der Waals surface area contributed by atoms with Crippen molar-refractivity contribution in [3.8, 4) is 17.3 Å². The fourth-order valence-electron chi connectivity index (χ4n) is 5.11. The highest BCUT2D eigenvalue weighted by Gasteiger charge is 2.21. The Labute approximate surface area is 285 Å². The van der Waals surface area contributed by atoms with E-state index in [1.54, 1.807) is 0 Å². The van der Waals surface area contributed by atoms with Gasteiger partial charge >= 0.3 is 11.7 Å². The Kier molecular flexibility index (Phi) is 10.5. The van der Waals surface area contributed by atoms with E-state index in [1.165, 1.54) is 23.3 Å². The summed E-state index contributed by atoms with van der Waals surface area (Å²) in [6, 6.07) is 10.8. The van der Waals surface area contributed by atoms with Crippen LogP contribution in [0.2, 0.25) is 0 Å². The van der Waals surface area contributed by atoms with E-state index >= 15 is 0 Å². The Hall–Kier alpha value is -6.40. The number of rotatable bonds is 7. The Morgan fingerprint density at radius 1 is 1.10 bits per heavy atom. The SMILES string of the molecule is C.Cl.N[C@H]1CCc2cc(-c3noc(=O)[nH]3)ccc21.Nc1c(Nc2cc(CNC(=O)c3cc(C(=O)O)n4cc(O)nc4n3)ccc2F)c(=O)c1=O. The Balaban J connectivity index is 0.000000262. The van der Waals surface area contributed by atoms with Crippen molar-refractivity contribution in [1.82, 2.24) is 29.8 Å². The molecule has 6 aromatic rings. The van der Waals surface area contributed by atoms with Gasteiger partial charge in [-0.15, -0.1) is 12.4 Å². The van der Waals surface area contributed by atoms with E-state index in [2.05, 4.69) is 35.3 Å². The van der Waals surface area contributed by atoms with Crippen LogP contribution >= 0.6 is 12.4 Å². The number of aromatic amines is 1. The minimum Gasteiger partial charge on any atom is -0.492 e. The van der Waals surface area contributed by atoms with Crippen LogP contribution < -0.4 is 38.7 Å². The Bertz CT molecular complexity index is 2380. The van der Waals surface area contributed by atoms with Crippen LogP contribution in [0.25, 0.3) is 17.2 Å². The lowest BCUT2D eigenvalue weighted by Gasteiger charge is -2.12. The number of H-pyrrole nitrogens is 1. The van der Waals surface area contributed by atoms with Crippen molar-refractivity contribution in [2.45, 2.75) is 32.9 Å². The summed E-state index contributed by atoms with van der Waals surface area (Å²) in [7, 11) is 0. The normalized spacial score (nSPS) is 13.0. The highest BCUT2D eigenvalue weighted by molar-refractivity contribution is 5.96. The maximum atomic E-state index is 14.1. The number of carbonyl (C=O) groups excluding carboxylic acids is 1. The van der Waals surface area contributed by atoms with Gasteiger partial charge in [-0.25, -0.2) is 19.0 Å². The van der Waals surface area contributed by atoms with Gasteiger partial charge in [-0.2, -0.15) is 4.98 Å². The molecule has 3 aromatic heterocycles. The summed E-state index contributed by atoms with van der Waals surface area (Å²) in [6.07, 6.45) is 3.00. The van der Waals surface area contributed by atoms with E-state index in [9.17, 15) is 38.6 Å². The lowest BCUT2D eigenvalue weighted by molar-refractivity contribution is 0.0688. The molecule has 1 aliphatic carbocycles. The number of imidazole rings is 1. The van der Waals surface area contributed by atoms with Gasteiger partial charge in [-0.1, -0.05) is 30.8 Å². The van der Waals surface area contributed by atoms with E-state index in [4.69, 9.17) is 11.5 Å². The van der Waals surface area contributed by atoms with Gasteiger partial charge in [0, 0.05) is 24.2 Å². The summed E-state index contributed by atoms with van der Waals surface area (Å²) in [5.74, 6) is -3.55. The number of nitrogens with two attached hydrogens (primary N) is 2. The molecule has 1 atom stereocenters. The number of aromatic nitrogens is 5. The zero-order valence-corrected chi connectivity index (χ0v) is 25.7. The zero-order valence-electron chi connectivity index (χ0n) is 24.9. The number of nitrogens with one attached hydrogen (secondary N) is 3. The van der Waals surface area contributed by atoms with E-state index in [1.807, 2.05) is 18.2 Å². The standard InChI is InChI=1S/C19H13FN6O6.C11H11N3O2.CH4.ClH/c20-8-2-1-7(3-9(8)23-14-13(21)15(28)16(14)29)5-22-17(30)10-4-11(18(31)32)26-6-12(27)25-19(26)24-10;12-9-4-2-6-5-7(1-3-8(6)9)10-13-11(15)16-14-10;;/h1-4,6,23,27H,5,21H2,(H,22,30)(H,31,32);1,3,5,9H,2,4,12H2,(H,13,14,15);1H4;1H/t;9-;;/m.0../s1. The molecule has 0 fully saturated rings. The van der Waals surface area contributed by atoms with Crippen molar-refractivity contribution in [1.29, 1.82) is 0 Å². The Morgan fingerprint density at radius 2 is 1.86 bits per heavy atom. The maximum Gasteiger partial charge on any atom is 0.439 e. The van der Waals surface area contributed by atoms with Crippen molar-refractivity contribution < 1.29 is 28.7 Å². The summed E-state index contributed by atoms with van der Waals surface area (Å²) >= 11 is 0. The molecule has 0 aliphatic heterocycles. The molecule has 260 valence electrons. The smallest absolute Gasteiger partial charge is 0.439 e. The number of nitrogen functional groups attached to an aromatic ring is 1. The maximum absolute atomic E-state index is 14.1. The van der Waals surface area contributed by atoms with Crippen molar-refractivity contribution in [2.24, 2.45) is 5.73 Å². The van der Waals surface area contributed by atoms with Crippen LogP contribution in [0.5, 0.6) is 5.88 Å². The second kappa shape index (κ2) is 14.4. The highest BCUT2D eigenvalue weighted by Crippen LogP contribution is 2.31. The predicted molar refractivity (Wildman–Crippen MR) is 180 cm³/mol. The van der Waals surface area contributed by atoms with Gasteiger partial charge in [0.25, 0.3) is 16.8 Å². The van der Waals surface area contributed by atoms with Crippen LogP contribution in [0.1, 0.15) is 57.6 Å². The number of hydrogen-bond acceptors (Lipinski definition) is 13. The topological polar surface area (TPSA) is 274 Å². The van der Waals surface area contributed by atoms with Crippen LogP contribution in [0, 0.1) is 5.82 Å². The number of hydrogen-bond donors (Lipinski definition) is 7. The molecule has 9 N–H and O–H groups in total. The van der Waals surface area contributed by atoms with Crippen LogP contribution in [0.3, 0.4) is 0 Å². The Morgan fingerprint density at radius 3 is 2.54 bits per heavy atom. The van der Waals surface area contributed by atoms with Crippen LogP contribution in [0.15, 0.2) is 67.6 Å². The average molecular weight is 710 g/mol. The van der Waals surface area contributed by atoms with Gasteiger partial charge in [0.2, 0.25) is 11.7 Å². The number of amides is 1. The predicted octanol–water partition coefficient (Wildman–Crippen LogP) is 2.16. The zero-order chi connectivity index (χ0) is 34.3. The number of carbonyl (C=O) groups is 2. The van der Waals surface area contributed by atoms with E-state index < -0.39 is 40.2 Å². The number of nitrogens with zero attached hydrogens (tertiary/aromatic N) is 4. The molecule has 50 heavy (non-hydrogen) atoms. The first kappa shape index (κ1) is 36.4. The molecule has 19 heteroatoms. The van der Waals surface area contributed by atoms with Gasteiger partial charge in [0.05, 0.1) is 11.9 Å². The average Bonchev–Trinajstić information content (AvgIpc) is 3.79. The van der Waals surface area contributed by atoms with E-state index in [0.717, 1.165) is 41.1 Å². The number of fused-ring (bicyclic) bond motifs is 2. The summed E-state index contributed by atoms with van der Waals surface area (Å²) in [4.78, 5) is 67.6. The quantitative estimate of drug-likeness (QED) is 0.117. The van der Waals surface area contributed by atoms with Crippen LogP contribution in [-0.4, -0.2) is 46.6 Å². The molecule has 0 bridgehead atoms. The number of aromatic hydroxyl groups is 1. The molecule has 7 rings (SSSR count). The van der Waals surface area contributed by atoms with Crippen molar-refractivity contribution in [3.63, 3.8) is 0 Å². The van der Waals surface area contributed by atoms with Crippen molar-refractivity contribution in [2.75, 3.05) is 11.1 Å².